The molecular formula is C20H16Cl3NO4S. The largest absolute Gasteiger partial charge is 0.493 e. The second kappa shape index (κ2) is 9.30. The van der Waals surface area contributed by atoms with E-state index in [1.807, 2.05) is 6.92 Å². The Balaban J connectivity index is 1.87. The number of benzene rings is 2. The molecule has 29 heavy (non-hydrogen) atoms. The van der Waals surface area contributed by atoms with Crippen LogP contribution in [0.4, 0.5) is 4.79 Å². The Morgan fingerprint density at radius 2 is 1.86 bits per heavy atom. The van der Waals surface area contributed by atoms with Crippen LogP contribution in [0.2, 0.25) is 15.1 Å². The number of hydrogen-bond acceptors (Lipinski definition) is 5. The SMILES string of the molecule is CCOc1c(Cl)cc(/C=C2\SC(=O)N(Cc3ccc(Cl)cc3Cl)C2=O)cc1OC. The highest BCUT2D eigenvalue weighted by molar-refractivity contribution is 8.18. The van der Waals surface area contributed by atoms with E-state index < -0.39 is 5.91 Å². The van der Waals surface area contributed by atoms with Crippen molar-refractivity contribution >= 4 is 63.8 Å². The molecule has 0 aromatic heterocycles. The van der Waals surface area contributed by atoms with E-state index in [1.54, 1.807) is 36.4 Å². The van der Waals surface area contributed by atoms with Gasteiger partial charge < -0.3 is 9.47 Å². The summed E-state index contributed by atoms with van der Waals surface area (Å²) in [6.45, 7) is 2.33. The van der Waals surface area contributed by atoms with Gasteiger partial charge in [-0.3, -0.25) is 14.5 Å². The average molecular weight is 473 g/mol. The number of nitrogens with zero attached hydrogens (tertiary/aromatic N) is 1. The van der Waals surface area contributed by atoms with E-state index in [0.29, 0.717) is 44.3 Å². The van der Waals surface area contributed by atoms with Gasteiger partial charge in [0.05, 0.1) is 30.2 Å². The van der Waals surface area contributed by atoms with Crippen LogP contribution in [0.25, 0.3) is 6.08 Å². The van der Waals surface area contributed by atoms with E-state index in [4.69, 9.17) is 44.3 Å². The van der Waals surface area contributed by atoms with Gasteiger partial charge in [0.25, 0.3) is 11.1 Å². The third-order valence-corrected chi connectivity index (χ3v) is 5.83. The van der Waals surface area contributed by atoms with Gasteiger partial charge in [0.2, 0.25) is 0 Å². The van der Waals surface area contributed by atoms with Gasteiger partial charge in [-0.05, 0) is 60.2 Å². The van der Waals surface area contributed by atoms with Gasteiger partial charge >= 0.3 is 0 Å². The van der Waals surface area contributed by atoms with Crippen molar-refractivity contribution in [2.24, 2.45) is 0 Å². The van der Waals surface area contributed by atoms with E-state index in [2.05, 4.69) is 0 Å². The van der Waals surface area contributed by atoms with Crippen molar-refractivity contribution in [1.29, 1.82) is 0 Å². The standard InChI is InChI=1S/C20H16Cl3NO4S/c1-3-28-18-15(23)6-11(7-16(18)27-2)8-17-19(25)24(20(26)29-17)10-12-4-5-13(21)9-14(12)22/h4-9H,3,10H2,1-2H3/b17-8-. The number of thioether (sulfide) groups is 1. The second-order valence-electron chi connectivity index (χ2n) is 5.97. The molecule has 0 aliphatic carbocycles. The molecule has 0 spiro atoms. The monoisotopic (exact) mass is 471 g/mol. The van der Waals surface area contributed by atoms with Crippen molar-refractivity contribution in [2.75, 3.05) is 13.7 Å². The lowest BCUT2D eigenvalue weighted by Crippen LogP contribution is -2.27. The summed E-state index contributed by atoms with van der Waals surface area (Å²) < 4.78 is 10.8. The summed E-state index contributed by atoms with van der Waals surface area (Å²) in [5, 5.41) is 0.846. The van der Waals surface area contributed by atoms with Crippen molar-refractivity contribution in [3.63, 3.8) is 0 Å². The smallest absolute Gasteiger partial charge is 0.293 e. The molecule has 0 radical (unpaired) electrons. The van der Waals surface area contributed by atoms with Gasteiger partial charge in [0.1, 0.15) is 0 Å². The molecular weight excluding hydrogens is 457 g/mol. The van der Waals surface area contributed by atoms with Crippen LogP contribution in [-0.2, 0) is 11.3 Å². The van der Waals surface area contributed by atoms with Crippen LogP contribution >= 0.6 is 46.6 Å². The second-order valence-corrected chi connectivity index (χ2v) is 8.21. The minimum atomic E-state index is -0.407. The van der Waals surface area contributed by atoms with E-state index in [0.717, 1.165) is 16.7 Å². The molecule has 3 rings (SSSR count). The third-order valence-electron chi connectivity index (χ3n) is 4.06. The lowest BCUT2D eigenvalue weighted by Gasteiger charge is -2.14. The Bertz CT molecular complexity index is 1010. The first kappa shape index (κ1) is 21.8. The number of methoxy groups -OCH3 is 1. The van der Waals surface area contributed by atoms with Crippen LogP contribution < -0.4 is 9.47 Å². The van der Waals surface area contributed by atoms with E-state index in [-0.39, 0.29) is 16.7 Å². The molecule has 9 heteroatoms. The highest BCUT2D eigenvalue weighted by atomic mass is 35.5. The van der Waals surface area contributed by atoms with Crippen LogP contribution in [0.1, 0.15) is 18.1 Å². The molecule has 152 valence electrons. The van der Waals surface area contributed by atoms with Crippen molar-refractivity contribution in [3.05, 3.63) is 61.4 Å². The molecule has 0 N–H and O–H groups in total. The van der Waals surface area contributed by atoms with Gasteiger partial charge in [0.15, 0.2) is 11.5 Å². The Kier molecular flexibility index (Phi) is 7.01. The summed E-state index contributed by atoms with van der Waals surface area (Å²) in [5.41, 5.74) is 1.25. The summed E-state index contributed by atoms with van der Waals surface area (Å²) >= 11 is 19.2. The van der Waals surface area contributed by atoms with E-state index in [9.17, 15) is 9.59 Å². The number of ether oxygens (including phenoxy) is 2. The topological polar surface area (TPSA) is 55.8 Å². The molecule has 1 fully saturated rings. The van der Waals surface area contributed by atoms with E-state index in [1.165, 1.54) is 7.11 Å². The number of hydrogen-bond donors (Lipinski definition) is 0. The minimum Gasteiger partial charge on any atom is -0.493 e. The molecule has 1 aliphatic heterocycles. The summed E-state index contributed by atoms with van der Waals surface area (Å²) in [5.74, 6) is 0.465. The van der Waals surface area contributed by atoms with E-state index >= 15 is 0 Å². The van der Waals surface area contributed by atoms with Gasteiger partial charge in [-0.2, -0.15) is 0 Å². The number of amides is 2. The maximum Gasteiger partial charge on any atom is 0.293 e. The highest BCUT2D eigenvalue weighted by Gasteiger charge is 2.35. The quantitative estimate of drug-likeness (QED) is 0.462. The molecule has 1 heterocycles. The molecule has 0 atom stereocenters. The predicted octanol–water partition coefficient (Wildman–Crippen LogP) is 6.29. The molecule has 0 saturated carbocycles. The van der Waals surface area contributed by atoms with Crippen LogP contribution in [0, 0.1) is 0 Å². The zero-order chi connectivity index (χ0) is 21.1. The molecule has 5 nitrogen and oxygen atoms in total. The Morgan fingerprint density at radius 3 is 2.52 bits per heavy atom. The molecule has 0 bridgehead atoms. The summed E-state index contributed by atoms with van der Waals surface area (Å²) in [6, 6.07) is 8.27. The fraction of sp³-hybridized carbons (Fsp3) is 0.200. The lowest BCUT2D eigenvalue weighted by molar-refractivity contribution is -0.123. The number of halogens is 3. The van der Waals surface area contributed by atoms with Crippen molar-refractivity contribution in [2.45, 2.75) is 13.5 Å². The normalized spacial score (nSPS) is 15.3. The Hall–Kier alpha value is -1.86. The number of rotatable bonds is 6. The number of carbonyl (C=O) groups is 2. The van der Waals surface area contributed by atoms with Crippen molar-refractivity contribution in [1.82, 2.24) is 4.90 Å². The lowest BCUT2D eigenvalue weighted by atomic mass is 10.1. The van der Waals surface area contributed by atoms with Crippen molar-refractivity contribution < 1.29 is 19.1 Å². The van der Waals surface area contributed by atoms with Crippen LogP contribution in [0.3, 0.4) is 0 Å². The highest BCUT2D eigenvalue weighted by Crippen LogP contribution is 2.39. The first-order valence-corrected chi connectivity index (χ1v) is 10.5. The van der Waals surface area contributed by atoms with Gasteiger partial charge in [0, 0.05) is 10.0 Å². The molecule has 1 saturated heterocycles. The van der Waals surface area contributed by atoms with Crippen molar-refractivity contribution in [3.8, 4) is 11.5 Å². The van der Waals surface area contributed by atoms with Gasteiger partial charge in [-0.25, -0.2) is 0 Å². The van der Waals surface area contributed by atoms with Crippen LogP contribution in [0.15, 0.2) is 35.2 Å². The first-order chi connectivity index (χ1) is 13.8. The first-order valence-electron chi connectivity index (χ1n) is 8.53. The Labute approximate surface area is 187 Å². The summed E-state index contributed by atoms with van der Waals surface area (Å²) in [7, 11) is 1.50. The zero-order valence-corrected chi connectivity index (χ0v) is 18.6. The average Bonchev–Trinajstić information content (AvgIpc) is 2.93. The molecule has 2 aromatic rings. The number of imide groups is 1. The number of carbonyl (C=O) groups excluding carboxylic acids is 2. The molecule has 2 aromatic carbocycles. The fourth-order valence-electron chi connectivity index (χ4n) is 2.72. The summed E-state index contributed by atoms with van der Waals surface area (Å²) in [6.07, 6.45) is 1.60. The Morgan fingerprint density at radius 1 is 1.10 bits per heavy atom. The van der Waals surface area contributed by atoms with Gasteiger partial charge in [-0.15, -0.1) is 0 Å². The van der Waals surface area contributed by atoms with Crippen LogP contribution in [-0.4, -0.2) is 29.8 Å². The molecule has 2 amide bonds. The summed E-state index contributed by atoms with van der Waals surface area (Å²) in [4.78, 5) is 26.6. The maximum atomic E-state index is 12.8. The zero-order valence-electron chi connectivity index (χ0n) is 15.5. The minimum absolute atomic E-state index is 0.0609. The maximum absolute atomic E-state index is 12.8. The van der Waals surface area contributed by atoms with Crippen LogP contribution in [0.5, 0.6) is 11.5 Å². The predicted molar refractivity (Wildman–Crippen MR) is 117 cm³/mol. The fourth-order valence-corrected chi connectivity index (χ4v) is 4.30. The molecule has 1 aliphatic rings. The molecule has 0 unspecified atom stereocenters. The third kappa shape index (κ3) is 4.83. The van der Waals surface area contributed by atoms with Gasteiger partial charge in [-0.1, -0.05) is 40.9 Å².